The summed E-state index contributed by atoms with van der Waals surface area (Å²) in [5.41, 5.74) is 3.70. The van der Waals surface area contributed by atoms with Gasteiger partial charge in [-0.2, -0.15) is 5.26 Å². The summed E-state index contributed by atoms with van der Waals surface area (Å²) in [6.07, 6.45) is 8.58. The Kier molecular flexibility index (Phi) is 5.69. The molecule has 2 aliphatic carbocycles. The SMILES string of the molecule is C=CC(=O)N1CCC=C(c2cc(C#N)c(N3CCN(C(=O)C4CC4)[C@H](C)C3)nc2C2CC2)C1. The Morgan fingerprint density at radius 2 is 2.00 bits per heavy atom. The van der Waals surface area contributed by atoms with E-state index in [0.29, 0.717) is 44.2 Å². The van der Waals surface area contributed by atoms with Crippen LogP contribution < -0.4 is 4.90 Å². The van der Waals surface area contributed by atoms with Crippen LogP contribution in [0.1, 0.15) is 61.8 Å². The molecule has 0 unspecified atom stereocenters. The number of carbonyl (C=O) groups is 2. The van der Waals surface area contributed by atoms with Crippen LogP contribution in [0, 0.1) is 17.2 Å². The first-order valence-corrected chi connectivity index (χ1v) is 12.1. The molecule has 0 N–H and O–H groups in total. The van der Waals surface area contributed by atoms with Crippen molar-refractivity contribution in [3.8, 4) is 6.07 Å². The quantitative estimate of drug-likeness (QED) is 0.651. The molecular weight excluding hydrogens is 414 g/mol. The third-order valence-corrected chi connectivity index (χ3v) is 7.24. The predicted octanol–water partition coefficient (Wildman–Crippen LogP) is 3.08. The van der Waals surface area contributed by atoms with E-state index < -0.39 is 0 Å². The molecule has 1 saturated heterocycles. The molecule has 1 atom stereocenters. The van der Waals surface area contributed by atoms with Crippen molar-refractivity contribution >= 4 is 23.2 Å². The van der Waals surface area contributed by atoms with Gasteiger partial charge in [-0.3, -0.25) is 9.59 Å². The molecule has 1 aromatic heterocycles. The zero-order valence-corrected chi connectivity index (χ0v) is 19.3. The number of amides is 2. The number of nitriles is 1. The van der Waals surface area contributed by atoms with Crippen LogP contribution in [0.25, 0.3) is 5.57 Å². The number of carbonyl (C=O) groups excluding carboxylic acids is 2. The van der Waals surface area contributed by atoms with E-state index in [1.807, 2.05) is 11.0 Å². The molecule has 5 rings (SSSR count). The maximum Gasteiger partial charge on any atom is 0.246 e. The summed E-state index contributed by atoms with van der Waals surface area (Å²) < 4.78 is 0. The van der Waals surface area contributed by atoms with Crippen LogP contribution in [0.3, 0.4) is 0 Å². The monoisotopic (exact) mass is 445 g/mol. The normalized spacial score (nSPS) is 23.1. The average molecular weight is 446 g/mol. The molecule has 0 spiro atoms. The molecule has 0 radical (unpaired) electrons. The molecule has 7 nitrogen and oxygen atoms in total. The minimum absolute atomic E-state index is 0.0636. The van der Waals surface area contributed by atoms with E-state index in [1.165, 1.54) is 6.08 Å². The van der Waals surface area contributed by atoms with Gasteiger partial charge in [0.1, 0.15) is 11.9 Å². The molecule has 2 saturated carbocycles. The van der Waals surface area contributed by atoms with Gasteiger partial charge in [-0.05, 0) is 56.7 Å². The van der Waals surface area contributed by atoms with Crippen molar-refractivity contribution in [2.75, 3.05) is 37.6 Å². The van der Waals surface area contributed by atoms with Gasteiger partial charge in [0.05, 0.1) is 11.3 Å². The Morgan fingerprint density at radius 3 is 2.64 bits per heavy atom. The molecule has 3 fully saturated rings. The number of piperazine rings is 1. The number of hydrogen-bond acceptors (Lipinski definition) is 5. The second-order valence-corrected chi connectivity index (χ2v) is 9.76. The summed E-state index contributed by atoms with van der Waals surface area (Å²) >= 11 is 0. The van der Waals surface area contributed by atoms with E-state index in [4.69, 9.17) is 4.98 Å². The smallest absolute Gasteiger partial charge is 0.246 e. The fourth-order valence-corrected chi connectivity index (χ4v) is 5.06. The molecule has 3 heterocycles. The molecule has 4 aliphatic rings. The van der Waals surface area contributed by atoms with Crippen LogP contribution in [0.5, 0.6) is 0 Å². The van der Waals surface area contributed by atoms with Gasteiger partial charge in [-0.25, -0.2) is 4.98 Å². The van der Waals surface area contributed by atoms with Gasteiger partial charge in [0.15, 0.2) is 0 Å². The van der Waals surface area contributed by atoms with Gasteiger partial charge >= 0.3 is 0 Å². The highest BCUT2D eigenvalue weighted by atomic mass is 16.2. The van der Waals surface area contributed by atoms with Crippen molar-refractivity contribution in [2.24, 2.45) is 5.92 Å². The number of aromatic nitrogens is 1. The zero-order valence-electron chi connectivity index (χ0n) is 19.3. The van der Waals surface area contributed by atoms with E-state index >= 15 is 0 Å². The van der Waals surface area contributed by atoms with E-state index in [0.717, 1.165) is 54.8 Å². The number of hydrogen-bond donors (Lipinski definition) is 0. The minimum Gasteiger partial charge on any atom is -0.352 e. The Morgan fingerprint density at radius 1 is 1.21 bits per heavy atom. The molecule has 1 aromatic rings. The highest BCUT2D eigenvalue weighted by molar-refractivity contribution is 5.89. The molecule has 7 heteroatoms. The lowest BCUT2D eigenvalue weighted by atomic mass is 9.95. The summed E-state index contributed by atoms with van der Waals surface area (Å²) in [6.45, 7) is 8.97. The van der Waals surface area contributed by atoms with Crippen molar-refractivity contribution in [1.82, 2.24) is 14.8 Å². The van der Waals surface area contributed by atoms with E-state index in [2.05, 4.69) is 30.5 Å². The first-order valence-electron chi connectivity index (χ1n) is 12.1. The Balaban J connectivity index is 1.43. The van der Waals surface area contributed by atoms with Gasteiger partial charge in [0.2, 0.25) is 11.8 Å². The minimum atomic E-state index is -0.0636. The fraction of sp³-hybridized carbons (Fsp3) is 0.538. The topological polar surface area (TPSA) is 80.5 Å². The van der Waals surface area contributed by atoms with E-state index in [1.54, 1.807) is 4.90 Å². The number of anilines is 1. The second-order valence-electron chi connectivity index (χ2n) is 9.76. The number of pyridine rings is 1. The van der Waals surface area contributed by atoms with Crippen molar-refractivity contribution in [3.63, 3.8) is 0 Å². The Bertz CT molecular complexity index is 1060. The lowest BCUT2D eigenvalue weighted by molar-refractivity contribution is -0.135. The van der Waals surface area contributed by atoms with Gasteiger partial charge in [0.25, 0.3) is 0 Å². The zero-order chi connectivity index (χ0) is 23.1. The average Bonchev–Trinajstić information content (AvgIpc) is 3.75. The highest BCUT2D eigenvalue weighted by Gasteiger charge is 2.38. The summed E-state index contributed by atoms with van der Waals surface area (Å²) in [5, 5.41) is 10.0. The largest absolute Gasteiger partial charge is 0.352 e. The molecule has 2 aliphatic heterocycles. The van der Waals surface area contributed by atoms with Gasteiger partial charge in [-0.1, -0.05) is 12.7 Å². The predicted molar refractivity (Wildman–Crippen MR) is 126 cm³/mol. The lowest BCUT2D eigenvalue weighted by Gasteiger charge is -2.41. The molecule has 172 valence electrons. The van der Waals surface area contributed by atoms with Gasteiger partial charge in [0, 0.05) is 56.2 Å². The maximum absolute atomic E-state index is 12.6. The first-order chi connectivity index (χ1) is 16.0. The highest BCUT2D eigenvalue weighted by Crippen LogP contribution is 2.44. The molecule has 0 aromatic carbocycles. The molecule has 33 heavy (non-hydrogen) atoms. The van der Waals surface area contributed by atoms with Crippen LogP contribution in [-0.2, 0) is 9.59 Å². The molecule has 2 amide bonds. The van der Waals surface area contributed by atoms with Crippen molar-refractivity contribution in [3.05, 3.63) is 41.6 Å². The van der Waals surface area contributed by atoms with Crippen LogP contribution in [0.2, 0.25) is 0 Å². The van der Waals surface area contributed by atoms with Crippen LogP contribution in [0.15, 0.2) is 24.8 Å². The maximum atomic E-state index is 12.6. The Labute approximate surface area is 195 Å². The van der Waals surface area contributed by atoms with Crippen LogP contribution in [-0.4, -0.2) is 65.4 Å². The Hall–Kier alpha value is -3.14. The number of nitrogens with zero attached hydrogens (tertiary/aromatic N) is 5. The second kappa shape index (κ2) is 8.66. The number of rotatable bonds is 5. The summed E-state index contributed by atoms with van der Waals surface area (Å²) in [7, 11) is 0. The molecular formula is C26H31N5O2. The van der Waals surface area contributed by atoms with Gasteiger partial charge in [-0.15, -0.1) is 0 Å². The third kappa shape index (κ3) is 4.27. The van der Waals surface area contributed by atoms with Gasteiger partial charge < -0.3 is 14.7 Å². The summed E-state index contributed by atoms with van der Waals surface area (Å²) in [5.74, 6) is 1.60. The first kappa shape index (κ1) is 21.7. The van der Waals surface area contributed by atoms with Crippen LogP contribution >= 0.6 is 0 Å². The van der Waals surface area contributed by atoms with Crippen molar-refractivity contribution in [2.45, 2.75) is 51.0 Å². The summed E-state index contributed by atoms with van der Waals surface area (Å²) in [6, 6.07) is 4.46. The molecule has 0 bridgehead atoms. The van der Waals surface area contributed by atoms with E-state index in [-0.39, 0.29) is 23.8 Å². The van der Waals surface area contributed by atoms with Crippen molar-refractivity contribution < 1.29 is 9.59 Å². The lowest BCUT2D eigenvalue weighted by Crippen LogP contribution is -2.55. The fourth-order valence-electron chi connectivity index (χ4n) is 5.06. The third-order valence-electron chi connectivity index (χ3n) is 7.24. The van der Waals surface area contributed by atoms with Crippen LogP contribution in [0.4, 0.5) is 5.82 Å². The standard InChI is InChI=1S/C26H31N5O2/c1-3-23(32)29-10-4-5-20(16-29)22-13-21(14-27)25(28-24(22)18-6-7-18)30-11-12-31(17(2)15-30)26(33)19-8-9-19/h3,5,13,17-19H,1,4,6-12,15-16H2,2H3/t17-/m1/s1. The summed E-state index contributed by atoms with van der Waals surface area (Å²) in [4.78, 5) is 35.9. The van der Waals surface area contributed by atoms with Crippen molar-refractivity contribution in [1.29, 1.82) is 5.26 Å². The van der Waals surface area contributed by atoms with E-state index in [9.17, 15) is 14.9 Å².